The van der Waals surface area contributed by atoms with E-state index in [9.17, 15) is 20.0 Å². The number of nitro benzene ring substituents is 1. The standard InChI is InChI=1S/C22H27N3O5/c1-16(26)13-19(17-5-3-2-4-6-17)15-23-22(27)18-7-8-20(21(14-18)25(28)29)24-9-11-30-12-10-24/h2-8,14,16,19,26H,9-13,15H2,1H3,(H,23,27)/t16-,19+/m0/s1. The lowest BCUT2D eigenvalue weighted by molar-refractivity contribution is -0.384. The summed E-state index contributed by atoms with van der Waals surface area (Å²) < 4.78 is 5.31. The predicted molar refractivity (Wildman–Crippen MR) is 114 cm³/mol. The molecular weight excluding hydrogens is 386 g/mol. The van der Waals surface area contributed by atoms with Gasteiger partial charge in [0.15, 0.2) is 0 Å². The summed E-state index contributed by atoms with van der Waals surface area (Å²) in [5.41, 5.74) is 1.67. The number of carbonyl (C=O) groups is 1. The number of anilines is 1. The molecule has 8 heteroatoms. The first-order valence-corrected chi connectivity index (χ1v) is 10.1. The molecule has 0 radical (unpaired) electrons. The monoisotopic (exact) mass is 413 g/mol. The lowest BCUT2D eigenvalue weighted by Crippen LogP contribution is -2.36. The lowest BCUT2D eigenvalue weighted by Gasteiger charge is -2.28. The summed E-state index contributed by atoms with van der Waals surface area (Å²) in [5.74, 6) is -0.434. The molecule has 2 atom stereocenters. The van der Waals surface area contributed by atoms with Gasteiger partial charge < -0.3 is 20.1 Å². The fourth-order valence-electron chi connectivity index (χ4n) is 3.67. The largest absolute Gasteiger partial charge is 0.393 e. The second kappa shape index (κ2) is 10.2. The molecule has 2 N–H and O–H groups in total. The second-order valence-electron chi connectivity index (χ2n) is 7.46. The number of carbonyl (C=O) groups excluding carboxylic acids is 1. The molecular formula is C22H27N3O5. The highest BCUT2D eigenvalue weighted by Crippen LogP contribution is 2.30. The van der Waals surface area contributed by atoms with Crippen LogP contribution in [0.5, 0.6) is 0 Å². The number of ether oxygens (including phenoxy) is 1. The van der Waals surface area contributed by atoms with Crippen molar-refractivity contribution >= 4 is 17.3 Å². The Morgan fingerprint density at radius 2 is 1.93 bits per heavy atom. The van der Waals surface area contributed by atoms with Gasteiger partial charge in [0.2, 0.25) is 0 Å². The zero-order chi connectivity index (χ0) is 21.5. The molecule has 1 aliphatic rings. The molecule has 0 aliphatic carbocycles. The fourth-order valence-corrected chi connectivity index (χ4v) is 3.67. The Morgan fingerprint density at radius 3 is 2.57 bits per heavy atom. The third-order valence-electron chi connectivity index (χ3n) is 5.19. The van der Waals surface area contributed by atoms with E-state index in [1.54, 1.807) is 19.1 Å². The number of morpholine rings is 1. The molecule has 0 aromatic heterocycles. The van der Waals surface area contributed by atoms with Gasteiger partial charge in [0.25, 0.3) is 11.6 Å². The average molecular weight is 413 g/mol. The van der Waals surface area contributed by atoms with E-state index >= 15 is 0 Å². The van der Waals surface area contributed by atoms with Crippen molar-refractivity contribution in [2.24, 2.45) is 0 Å². The van der Waals surface area contributed by atoms with Crippen LogP contribution in [0.4, 0.5) is 11.4 Å². The number of hydrogen-bond donors (Lipinski definition) is 2. The van der Waals surface area contributed by atoms with Gasteiger partial charge in [-0.3, -0.25) is 14.9 Å². The first-order chi connectivity index (χ1) is 14.5. The molecule has 2 aromatic carbocycles. The number of nitrogens with one attached hydrogen (secondary N) is 1. The van der Waals surface area contributed by atoms with Gasteiger partial charge in [-0.2, -0.15) is 0 Å². The zero-order valence-corrected chi connectivity index (χ0v) is 17.0. The summed E-state index contributed by atoms with van der Waals surface area (Å²) in [6.07, 6.45) is -0.0126. The zero-order valence-electron chi connectivity index (χ0n) is 17.0. The van der Waals surface area contributed by atoms with Crippen molar-refractivity contribution in [3.05, 3.63) is 69.8 Å². The smallest absolute Gasteiger partial charge is 0.293 e. The van der Waals surface area contributed by atoms with E-state index in [4.69, 9.17) is 4.74 Å². The molecule has 1 saturated heterocycles. The molecule has 0 bridgehead atoms. The molecule has 1 amide bonds. The van der Waals surface area contributed by atoms with Crippen LogP contribution in [0.15, 0.2) is 48.5 Å². The van der Waals surface area contributed by atoms with Gasteiger partial charge in [0.05, 0.1) is 24.2 Å². The first-order valence-electron chi connectivity index (χ1n) is 10.1. The Balaban J connectivity index is 1.74. The van der Waals surface area contributed by atoms with Gasteiger partial charge in [0.1, 0.15) is 5.69 Å². The van der Waals surface area contributed by atoms with Gasteiger partial charge in [0, 0.05) is 37.2 Å². The highest BCUT2D eigenvalue weighted by molar-refractivity contribution is 5.95. The molecule has 1 fully saturated rings. The molecule has 0 spiro atoms. The number of amides is 1. The van der Waals surface area contributed by atoms with Crippen LogP contribution in [0.2, 0.25) is 0 Å². The number of benzene rings is 2. The minimum Gasteiger partial charge on any atom is -0.393 e. The van der Waals surface area contributed by atoms with Gasteiger partial charge in [-0.1, -0.05) is 30.3 Å². The molecule has 1 aliphatic heterocycles. The van der Waals surface area contributed by atoms with Gasteiger partial charge in [-0.15, -0.1) is 0 Å². The van der Waals surface area contributed by atoms with Crippen molar-refractivity contribution < 1.29 is 19.6 Å². The Kier molecular flexibility index (Phi) is 7.37. The van der Waals surface area contributed by atoms with Crippen LogP contribution in [0.25, 0.3) is 0 Å². The summed E-state index contributed by atoms with van der Waals surface area (Å²) in [7, 11) is 0. The number of hydrogen-bond acceptors (Lipinski definition) is 6. The second-order valence-corrected chi connectivity index (χ2v) is 7.46. The summed E-state index contributed by atoms with van der Waals surface area (Å²) in [5, 5.41) is 24.3. The van der Waals surface area contributed by atoms with Crippen molar-refractivity contribution in [1.82, 2.24) is 5.32 Å². The summed E-state index contributed by atoms with van der Waals surface area (Å²) in [6, 6.07) is 14.2. The van der Waals surface area contributed by atoms with Crippen molar-refractivity contribution in [3.8, 4) is 0 Å². The topological polar surface area (TPSA) is 105 Å². The Bertz CT molecular complexity index is 866. The van der Waals surface area contributed by atoms with E-state index in [0.29, 0.717) is 45.0 Å². The highest BCUT2D eigenvalue weighted by Gasteiger charge is 2.24. The van der Waals surface area contributed by atoms with E-state index in [-0.39, 0.29) is 23.1 Å². The number of nitro groups is 1. The van der Waals surface area contributed by atoms with Crippen molar-refractivity contribution in [1.29, 1.82) is 0 Å². The van der Waals surface area contributed by atoms with Crippen LogP contribution in [-0.4, -0.2) is 54.9 Å². The molecule has 1 heterocycles. The molecule has 2 aromatic rings. The first kappa shape index (κ1) is 21.7. The van der Waals surface area contributed by atoms with Crippen LogP contribution in [0.1, 0.15) is 35.2 Å². The minimum absolute atomic E-state index is 0.0576. The van der Waals surface area contributed by atoms with Gasteiger partial charge in [-0.25, -0.2) is 0 Å². The number of nitrogens with zero attached hydrogens (tertiary/aromatic N) is 2. The van der Waals surface area contributed by atoms with E-state index in [1.165, 1.54) is 6.07 Å². The van der Waals surface area contributed by atoms with Crippen LogP contribution < -0.4 is 10.2 Å². The SMILES string of the molecule is C[C@H](O)C[C@H](CNC(=O)c1ccc(N2CCOCC2)c([N+](=O)[O-])c1)c1ccccc1. The Labute approximate surface area is 175 Å². The van der Waals surface area contributed by atoms with Gasteiger partial charge >= 0.3 is 0 Å². The third-order valence-corrected chi connectivity index (χ3v) is 5.19. The van der Waals surface area contributed by atoms with E-state index < -0.39 is 11.0 Å². The maximum absolute atomic E-state index is 12.7. The van der Waals surface area contributed by atoms with Crippen LogP contribution in [-0.2, 0) is 4.74 Å². The maximum atomic E-state index is 12.7. The van der Waals surface area contributed by atoms with E-state index in [0.717, 1.165) is 5.56 Å². The lowest BCUT2D eigenvalue weighted by atomic mass is 9.93. The fraction of sp³-hybridized carbons (Fsp3) is 0.409. The Morgan fingerprint density at radius 1 is 1.23 bits per heavy atom. The molecule has 0 saturated carbocycles. The molecule has 8 nitrogen and oxygen atoms in total. The molecule has 30 heavy (non-hydrogen) atoms. The van der Waals surface area contributed by atoms with Gasteiger partial charge in [-0.05, 0) is 31.0 Å². The normalized spacial score (nSPS) is 16.0. The summed E-state index contributed by atoms with van der Waals surface area (Å²) in [6.45, 7) is 4.22. The number of aliphatic hydroxyl groups excluding tert-OH is 1. The van der Waals surface area contributed by atoms with Crippen molar-refractivity contribution in [2.45, 2.75) is 25.4 Å². The molecule has 0 unspecified atom stereocenters. The number of rotatable bonds is 8. The Hall–Kier alpha value is -2.97. The molecule has 160 valence electrons. The maximum Gasteiger partial charge on any atom is 0.293 e. The molecule has 3 rings (SSSR count). The summed E-state index contributed by atoms with van der Waals surface area (Å²) >= 11 is 0. The predicted octanol–water partition coefficient (Wildman–Crippen LogP) is 2.72. The third kappa shape index (κ3) is 5.55. The quantitative estimate of drug-likeness (QED) is 0.509. The average Bonchev–Trinajstić information content (AvgIpc) is 2.77. The van der Waals surface area contributed by atoms with Crippen LogP contribution in [0, 0.1) is 10.1 Å². The highest BCUT2D eigenvalue weighted by atomic mass is 16.6. The van der Waals surface area contributed by atoms with E-state index in [1.807, 2.05) is 35.2 Å². The number of aliphatic hydroxyl groups is 1. The van der Waals surface area contributed by atoms with Crippen LogP contribution >= 0.6 is 0 Å². The minimum atomic E-state index is -0.513. The van der Waals surface area contributed by atoms with Crippen molar-refractivity contribution in [3.63, 3.8) is 0 Å². The summed E-state index contributed by atoms with van der Waals surface area (Å²) in [4.78, 5) is 25.7. The van der Waals surface area contributed by atoms with Crippen LogP contribution in [0.3, 0.4) is 0 Å². The van der Waals surface area contributed by atoms with E-state index in [2.05, 4.69) is 5.32 Å². The van der Waals surface area contributed by atoms with Crippen molar-refractivity contribution in [2.75, 3.05) is 37.7 Å².